The van der Waals surface area contributed by atoms with Gasteiger partial charge in [0, 0.05) is 18.0 Å². The first-order valence-electron chi connectivity index (χ1n) is 9.45. The topological polar surface area (TPSA) is 104 Å². The zero-order chi connectivity index (χ0) is 19.3. The van der Waals surface area contributed by atoms with Crippen LogP contribution in [0.15, 0.2) is 24.7 Å². The van der Waals surface area contributed by atoms with Crippen LogP contribution in [0.25, 0.3) is 5.65 Å². The fourth-order valence-corrected chi connectivity index (χ4v) is 3.52. The molecule has 1 aliphatic carbocycles. The van der Waals surface area contributed by atoms with Crippen LogP contribution in [0.2, 0.25) is 0 Å². The van der Waals surface area contributed by atoms with Crippen molar-refractivity contribution >= 4 is 11.6 Å². The van der Waals surface area contributed by atoms with Crippen LogP contribution in [-0.4, -0.2) is 55.3 Å². The van der Waals surface area contributed by atoms with Gasteiger partial charge in [-0.25, -0.2) is 14.5 Å². The molecule has 0 unspecified atom stereocenters. The van der Waals surface area contributed by atoms with Crippen LogP contribution in [0, 0.1) is 0 Å². The van der Waals surface area contributed by atoms with Crippen molar-refractivity contribution in [3.63, 3.8) is 0 Å². The Morgan fingerprint density at radius 3 is 2.86 bits per heavy atom. The van der Waals surface area contributed by atoms with Gasteiger partial charge in [0.15, 0.2) is 5.69 Å². The number of carbonyl (C=O) groups is 1. The molecular formula is C19H21N5O4. The van der Waals surface area contributed by atoms with Crippen molar-refractivity contribution in [2.45, 2.75) is 37.8 Å². The Morgan fingerprint density at radius 1 is 1.36 bits per heavy atom. The number of ether oxygens (including phenoxy) is 2. The van der Waals surface area contributed by atoms with Crippen molar-refractivity contribution in [1.29, 1.82) is 0 Å². The fraction of sp³-hybridized carbons (Fsp3) is 0.474. The van der Waals surface area contributed by atoms with E-state index in [2.05, 4.69) is 22.6 Å². The summed E-state index contributed by atoms with van der Waals surface area (Å²) in [4.78, 5) is 16.5. The minimum atomic E-state index is -0.987. The fourth-order valence-electron chi connectivity index (χ4n) is 3.52. The Labute approximate surface area is 160 Å². The second-order valence-corrected chi connectivity index (χ2v) is 7.47. The molecule has 1 saturated carbocycles. The number of hydrogen-bond acceptors (Lipinski definition) is 7. The number of nitrogens with zero attached hydrogens (tertiary/aromatic N) is 5. The van der Waals surface area contributed by atoms with Gasteiger partial charge < -0.3 is 19.0 Å². The first-order valence-corrected chi connectivity index (χ1v) is 9.45. The van der Waals surface area contributed by atoms with Gasteiger partial charge >= 0.3 is 5.97 Å². The van der Waals surface area contributed by atoms with Gasteiger partial charge in [-0.2, -0.15) is 0 Å². The van der Waals surface area contributed by atoms with Crippen LogP contribution in [-0.2, 0) is 21.6 Å². The summed E-state index contributed by atoms with van der Waals surface area (Å²) in [5, 5.41) is 18.7. The highest BCUT2D eigenvalue weighted by atomic mass is 16.5. The quantitative estimate of drug-likeness (QED) is 0.639. The van der Waals surface area contributed by atoms with E-state index in [1.165, 1.54) is 18.4 Å². The molecule has 1 aliphatic heterocycles. The molecule has 3 aromatic heterocycles. The predicted molar refractivity (Wildman–Crippen MR) is 97.0 cm³/mol. The van der Waals surface area contributed by atoms with E-state index in [1.807, 2.05) is 10.6 Å². The van der Waals surface area contributed by atoms with E-state index < -0.39 is 11.6 Å². The lowest BCUT2D eigenvalue weighted by Crippen LogP contribution is -2.46. The van der Waals surface area contributed by atoms with E-state index >= 15 is 0 Å². The molecule has 9 nitrogen and oxygen atoms in total. The number of imidazole rings is 1. The molecule has 0 aromatic carbocycles. The van der Waals surface area contributed by atoms with Crippen LogP contribution in [0.5, 0.6) is 0 Å². The van der Waals surface area contributed by atoms with Crippen LogP contribution < -0.4 is 0 Å². The van der Waals surface area contributed by atoms with Crippen molar-refractivity contribution in [1.82, 2.24) is 24.4 Å². The van der Waals surface area contributed by atoms with Crippen molar-refractivity contribution < 1.29 is 19.4 Å². The molecule has 0 atom stereocenters. The number of aliphatic hydroxyl groups is 1. The summed E-state index contributed by atoms with van der Waals surface area (Å²) in [6, 6.07) is 2.07. The number of esters is 1. The molecule has 28 heavy (non-hydrogen) atoms. The molecule has 0 radical (unpaired) electrons. The Hall–Kier alpha value is -2.78. The van der Waals surface area contributed by atoms with Crippen LogP contribution in [0.3, 0.4) is 0 Å². The highest BCUT2D eigenvalue weighted by Gasteiger charge is 2.41. The lowest BCUT2D eigenvalue weighted by molar-refractivity contribution is -0.184. The maximum atomic E-state index is 11.8. The number of pyridine rings is 1. The third-order valence-electron chi connectivity index (χ3n) is 5.20. The van der Waals surface area contributed by atoms with Gasteiger partial charge in [0.1, 0.15) is 11.2 Å². The smallest absolute Gasteiger partial charge is 0.360 e. The van der Waals surface area contributed by atoms with Gasteiger partial charge in [-0.3, -0.25) is 0 Å². The molecule has 1 saturated heterocycles. The lowest BCUT2D eigenvalue weighted by atomic mass is 9.91. The zero-order valence-corrected chi connectivity index (χ0v) is 15.5. The molecule has 146 valence electrons. The van der Waals surface area contributed by atoms with Crippen LogP contribution in [0.4, 0.5) is 0 Å². The summed E-state index contributed by atoms with van der Waals surface area (Å²) in [5.41, 5.74) is 2.69. The van der Waals surface area contributed by atoms with Crippen molar-refractivity contribution in [2.75, 3.05) is 19.8 Å². The summed E-state index contributed by atoms with van der Waals surface area (Å²) < 4.78 is 13.7. The van der Waals surface area contributed by atoms with E-state index in [4.69, 9.17) is 14.5 Å². The van der Waals surface area contributed by atoms with Crippen molar-refractivity contribution in [3.8, 4) is 0 Å². The second-order valence-electron chi connectivity index (χ2n) is 7.47. The van der Waals surface area contributed by atoms with E-state index in [-0.39, 0.29) is 25.5 Å². The van der Waals surface area contributed by atoms with E-state index in [1.54, 1.807) is 17.8 Å². The average molecular weight is 383 g/mol. The van der Waals surface area contributed by atoms with Crippen LogP contribution >= 0.6 is 0 Å². The van der Waals surface area contributed by atoms with Gasteiger partial charge in [0.05, 0.1) is 38.3 Å². The molecule has 3 aromatic rings. The molecule has 0 amide bonds. The molecule has 4 heterocycles. The Kier molecular flexibility index (Phi) is 3.95. The minimum Gasteiger partial charge on any atom is -0.461 e. The molecule has 9 heteroatoms. The molecule has 2 aliphatic rings. The largest absolute Gasteiger partial charge is 0.461 e. The average Bonchev–Trinajstić information content (AvgIpc) is 3.26. The van der Waals surface area contributed by atoms with Crippen molar-refractivity contribution in [2.24, 2.45) is 0 Å². The van der Waals surface area contributed by atoms with Gasteiger partial charge in [-0.05, 0) is 37.3 Å². The molecule has 0 spiro atoms. The monoisotopic (exact) mass is 383 g/mol. The maximum absolute atomic E-state index is 11.8. The van der Waals surface area contributed by atoms with Gasteiger partial charge in [-0.15, -0.1) is 5.10 Å². The molecular weight excluding hydrogens is 362 g/mol. The summed E-state index contributed by atoms with van der Waals surface area (Å²) in [5.74, 6) is 0.0633. The van der Waals surface area contributed by atoms with Gasteiger partial charge in [-0.1, -0.05) is 5.21 Å². The summed E-state index contributed by atoms with van der Waals surface area (Å²) in [6.45, 7) is 2.96. The number of carbonyl (C=O) groups excluding carboxylic acids is 1. The number of hydrogen-bond donors (Lipinski definition) is 1. The minimum absolute atomic E-state index is 0.170. The first-order chi connectivity index (χ1) is 13.6. The normalized spacial score (nSPS) is 18.2. The second kappa shape index (κ2) is 6.39. The number of fused-ring (bicyclic) bond motifs is 1. The Balaban J connectivity index is 1.48. The Bertz CT molecular complexity index is 1050. The summed E-state index contributed by atoms with van der Waals surface area (Å²) >= 11 is 0. The molecule has 5 rings (SSSR count). The third-order valence-corrected chi connectivity index (χ3v) is 5.20. The zero-order valence-electron chi connectivity index (χ0n) is 15.5. The summed E-state index contributed by atoms with van der Waals surface area (Å²) in [7, 11) is 0. The predicted octanol–water partition coefficient (Wildman–Crippen LogP) is 1.25. The van der Waals surface area contributed by atoms with E-state index in [0.717, 1.165) is 16.9 Å². The molecule has 1 N–H and O–H groups in total. The Morgan fingerprint density at radius 2 is 2.18 bits per heavy atom. The molecule has 0 bridgehead atoms. The number of aromatic nitrogens is 5. The standard InChI is InChI=1S/C19H21N5O4/c1-2-28-18(25)16-9-24(22-21-16)8-14-7-23-6-13(12-3-4-12)5-15(17(23)20-14)19(26)10-27-11-19/h5-7,9,12,26H,2-4,8,10-11H2,1H3. The SMILES string of the molecule is CCOC(=O)c1cn(Cc2cn3cc(C4CC4)cc(C4(O)COC4)c3n2)nn1. The maximum Gasteiger partial charge on any atom is 0.360 e. The number of rotatable bonds is 6. The highest BCUT2D eigenvalue weighted by molar-refractivity contribution is 5.86. The summed E-state index contributed by atoms with van der Waals surface area (Å²) in [6.07, 6.45) is 7.92. The van der Waals surface area contributed by atoms with E-state index in [9.17, 15) is 9.90 Å². The lowest BCUT2D eigenvalue weighted by Gasteiger charge is -2.37. The first kappa shape index (κ1) is 17.3. The van der Waals surface area contributed by atoms with Crippen LogP contribution in [0.1, 0.15) is 53.0 Å². The van der Waals surface area contributed by atoms with Crippen molar-refractivity contribution in [3.05, 3.63) is 47.2 Å². The van der Waals surface area contributed by atoms with E-state index in [0.29, 0.717) is 12.5 Å². The highest BCUT2D eigenvalue weighted by Crippen LogP contribution is 2.42. The third kappa shape index (κ3) is 2.96. The molecule has 2 fully saturated rings. The van der Waals surface area contributed by atoms with Gasteiger partial charge in [0.2, 0.25) is 0 Å². The van der Waals surface area contributed by atoms with Gasteiger partial charge in [0.25, 0.3) is 0 Å².